The molecule has 3 rings (SSSR count). The molecule has 1 fully saturated rings. The van der Waals surface area contributed by atoms with Crippen molar-refractivity contribution in [1.29, 1.82) is 0 Å². The zero-order valence-corrected chi connectivity index (χ0v) is 16.2. The van der Waals surface area contributed by atoms with Gasteiger partial charge in [0.05, 0.1) is 12.8 Å². The molecule has 0 spiro atoms. The maximum absolute atomic E-state index is 12.5. The summed E-state index contributed by atoms with van der Waals surface area (Å²) in [6.07, 6.45) is 0. The largest absolute Gasteiger partial charge is 0.497 e. The summed E-state index contributed by atoms with van der Waals surface area (Å²) in [5, 5.41) is 2.70. The molecule has 1 heterocycles. The second kappa shape index (κ2) is 9.12. The number of nitrogens with one attached hydrogen (secondary N) is 1. The summed E-state index contributed by atoms with van der Waals surface area (Å²) in [7, 11) is 1.65. The van der Waals surface area contributed by atoms with Crippen molar-refractivity contribution in [2.75, 3.05) is 50.1 Å². The quantitative estimate of drug-likeness (QED) is 0.829. The lowest BCUT2D eigenvalue weighted by molar-refractivity contribution is -0.133. The van der Waals surface area contributed by atoms with E-state index in [1.165, 1.54) is 6.92 Å². The van der Waals surface area contributed by atoms with Crippen LogP contribution in [0.15, 0.2) is 48.5 Å². The molecule has 2 aromatic rings. The maximum atomic E-state index is 12.5. The summed E-state index contributed by atoms with van der Waals surface area (Å²) in [5.74, 6) is 1.07. The molecular weight excluding hydrogens is 358 g/mol. The highest BCUT2D eigenvalue weighted by molar-refractivity contribution is 5.90. The highest BCUT2D eigenvalue weighted by atomic mass is 16.5. The molecule has 0 aliphatic carbocycles. The molecule has 1 aliphatic rings. The van der Waals surface area contributed by atoms with Crippen molar-refractivity contribution in [1.82, 2.24) is 4.90 Å². The molecule has 1 saturated heterocycles. The molecule has 0 atom stereocenters. The van der Waals surface area contributed by atoms with Crippen molar-refractivity contribution in [2.24, 2.45) is 0 Å². The van der Waals surface area contributed by atoms with E-state index in [0.29, 0.717) is 24.5 Å². The van der Waals surface area contributed by atoms with Crippen molar-refractivity contribution in [3.63, 3.8) is 0 Å². The number of nitrogens with zero attached hydrogens (tertiary/aromatic N) is 2. The number of para-hydroxylation sites is 2. The van der Waals surface area contributed by atoms with Crippen LogP contribution in [0, 0.1) is 0 Å². The first kappa shape index (κ1) is 19.5. The highest BCUT2D eigenvalue weighted by Crippen LogP contribution is 2.24. The van der Waals surface area contributed by atoms with Crippen LogP contribution in [0.3, 0.4) is 0 Å². The number of rotatable bonds is 6. The van der Waals surface area contributed by atoms with E-state index in [2.05, 4.69) is 10.2 Å². The minimum atomic E-state index is -0.183. The van der Waals surface area contributed by atoms with Crippen LogP contribution in [-0.4, -0.2) is 56.6 Å². The number of hydrogen-bond acceptors (Lipinski definition) is 5. The summed E-state index contributed by atoms with van der Waals surface area (Å²) in [5.41, 5.74) is 1.68. The van der Waals surface area contributed by atoms with E-state index in [1.807, 2.05) is 24.3 Å². The van der Waals surface area contributed by atoms with Crippen molar-refractivity contribution >= 4 is 23.2 Å². The lowest BCUT2D eigenvalue weighted by atomic mass is 10.2. The van der Waals surface area contributed by atoms with Crippen LogP contribution in [0.4, 0.5) is 11.4 Å². The number of carbonyl (C=O) groups excluding carboxylic acids is 2. The Morgan fingerprint density at radius 2 is 1.68 bits per heavy atom. The van der Waals surface area contributed by atoms with E-state index < -0.39 is 0 Å². The van der Waals surface area contributed by atoms with Crippen LogP contribution < -0.4 is 19.7 Å². The average molecular weight is 383 g/mol. The van der Waals surface area contributed by atoms with Gasteiger partial charge >= 0.3 is 0 Å². The smallest absolute Gasteiger partial charge is 0.260 e. The first-order chi connectivity index (χ1) is 13.6. The molecule has 28 heavy (non-hydrogen) atoms. The van der Waals surface area contributed by atoms with Crippen molar-refractivity contribution in [2.45, 2.75) is 6.92 Å². The standard InChI is InChI=1S/C21H25N3O4/c1-16(25)22-19-5-3-4-6-20(19)28-15-21(26)24-13-11-23(12-14-24)17-7-9-18(27-2)10-8-17/h3-10H,11-15H2,1-2H3,(H,22,25). The first-order valence-electron chi connectivity index (χ1n) is 9.23. The van der Waals surface area contributed by atoms with Crippen LogP contribution in [0.25, 0.3) is 0 Å². The molecule has 1 aliphatic heterocycles. The SMILES string of the molecule is COc1ccc(N2CCN(C(=O)COc3ccccc3NC(C)=O)CC2)cc1. The third-order valence-electron chi connectivity index (χ3n) is 4.62. The number of anilines is 2. The maximum Gasteiger partial charge on any atom is 0.260 e. The fourth-order valence-electron chi connectivity index (χ4n) is 3.12. The van der Waals surface area contributed by atoms with Gasteiger partial charge in [-0.05, 0) is 36.4 Å². The van der Waals surface area contributed by atoms with Gasteiger partial charge in [-0.15, -0.1) is 0 Å². The van der Waals surface area contributed by atoms with Crippen LogP contribution in [0.1, 0.15) is 6.92 Å². The number of hydrogen-bond donors (Lipinski definition) is 1. The number of piperazine rings is 1. The molecule has 1 N–H and O–H groups in total. The molecule has 7 nitrogen and oxygen atoms in total. The van der Waals surface area contributed by atoms with Gasteiger partial charge in [-0.2, -0.15) is 0 Å². The van der Waals surface area contributed by atoms with E-state index in [-0.39, 0.29) is 18.4 Å². The Balaban J connectivity index is 1.51. The third kappa shape index (κ3) is 4.94. The molecule has 148 valence electrons. The second-order valence-electron chi connectivity index (χ2n) is 6.53. The van der Waals surface area contributed by atoms with Crippen LogP contribution in [0.5, 0.6) is 11.5 Å². The number of methoxy groups -OCH3 is 1. The molecule has 2 aromatic carbocycles. The van der Waals surface area contributed by atoms with Crippen molar-refractivity contribution in [3.05, 3.63) is 48.5 Å². The van der Waals surface area contributed by atoms with Crippen LogP contribution in [-0.2, 0) is 9.59 Å². The van der Waals surface area contributed by atoms with Crippen LogP contribution in [0.2, 0.25) is 0 Å². The molecule has 0 bridgehead atoms. The topological polar surface area (TPSA) is 71.1 Å². The zero-order valence-electron chi connectivity index (χ0n) is 16.2. The normalized spacial score (nSPS) is 13.8. The fourth-order valence-corrected chi connectivity index (χ4v) is 3.12. The fraction of sp³-hybridized carbons (Fsp3) is 0.333. The van der Waals surface area contributed by atoms with Gasteiger partial charge in [0.15, 0.2) is 6.61 Å². The zero-order chi connectivity index (χ0) is 19.9. The van der Waals surface area contributed by atoms with Gasteiger partial charge in [0, 0.05) is 38.8 Å². The van der Waals surface area contributed by atoms with Gasteiger partial charge in [0.2, 0.25) is 5.91 Å². The lowest BCUT2D eigenvalue weighted by Gasteiger charge is -2.36. The second-order valence-corrected chi connectivity index (χ2v) is 6.53. The van der Waals surface area contributed by atoms with Gasteiger partial charge in [0.25, 0.3) is 5.91 Å². The van der Waals surface area contributed by atoms with Crippen LogP contribution >= 0.6 is 0 Å². The lowest BCUT2D eigenvalue weighted by Crippen LogP contribution is -2.50. The number of ether oxygens (including phenoxy) is 2. The predicted octanol–water partition coefficient (Wildman–Crippen LogP) is 2.38. The number of amides is 2. The summed E-state index contributed by atoms with van der Waals surface area (Å²) in [6, 6.07) is 15.0. The average Bonchev–Trinajstić information content (AvgIpc) is 2.73. The summed E-state index contributed by atoms with van der Waals surface area (Å²) < 4.78 is 10.8. The summed E-state index contributed by atoms with van der Waals surface area (Å²) in [4.78, 5) is 27.8. The Labute approximate surface area is 164 Å². The van der Waals surface area contributed by atoms with Gasteiger partial charge in [-0.1, -0.05) is 12.1 Å². The number of carbonyl (C=O) groups is 2. The Morgan fingerprint density at radius 3 is 2.32 bits per heavy atom. The third-order valence-corrected chi connectivity index (χ3v) is 4.62. The van der Waals surface area contributed by atoms with E-state index in [0.717, 1.165) is 24.5 Å². The molecule has 0 aromatic heterocycles. The van der Waals surface area contributed by atoms with E-state index in [9.17, 15) is 9.59 Å². The minimum absolute atomic E-state index is 0.0564. The minimum Gasteiger partial charge on any atom is -0.497 e. The number of benzene rings is 2. The molecule has 0 unspecified atom stereocenters. The Kier molecular flexibility index (Phi) is 6.37. The monoisotopic (exact) mass is 383 g/mol. The van der Waals surface area contributed by atoms with E-state index >= 15 is 0 Å². The van der Waals surface area contributed by atoms with Gasteiger partial charge in [0.1, 0.15) is 11.5 Å². The first-order valence-corrected chi connectivity index (χ1v) is 9.23. The van der Waals surface area contributed by atoms with Gasteiger partial charge < -0.3 is 24.6 Å². The molecular formula is C21H25N3O4. The molecule has 0 saturated carbocycles. The van der Waals surface area contributed by atoms with Crippen molar-refractivity contribution < 1.29 is 19.1 Å². The van der Waals surface area contributed by atoms with Gasteiger partial charge in [-0.25, -0.2) is 0 Å². The molecule has 7 heteroatoms. The van der Waals surface area contributed by atoms with E-state index in [4.69, 9.17) is 9.47 Å². The van der Waals surface area contributed by atoms with E-state index in [1.54, 1.807) is 36.3 Å². The van der Waals surface area contributed by atoms with Crippen molar-refractivity contribution in [3.8, 4) is 11.5 Å². The molecule has 2 amide bonds. The Bertz CT molecular complexity index is 815. The summed E-state index contributed by atoms with van der Waals surface area (Å²) >= 11 is 0. The predicted molar refractivity (Wildman–Crippen MR) is 108 cm³/mol. The highest BCUT2D eigenvalue weighted by Gasteiger charge is 2.22. The van der Waals surface area contributed by atoms with Gasteiger partial charge in [-0.3, -0.25) is 9.59 Å². The molecule has 0 radical (unpaired) electrons. The Morgan fingerprint density at radius 1 is 1.00 bits per heavy atom. The Hall–Kier alpha value is -3.22. The summed E-state index contributed by atoms with van der Waals surface area (Å²) in [6.45, 7) is 4.19.